The Morgan fingerprint density at radius 2 is 1.76 bits per heavy atom. The Morgan fingerprint density at radius 1 is 1.14 bits per heavy atom. The smallest absolute Gasteiger partial charge is 0.320 e. The Labute approximate surface area is 133 Å². The van der Waals surface area contributed by atoms with Gasteiger partial charge in [0, 0.05) is 5.56 Å². The minimum Gasteiger partial charge on any atom is -0.424 e. The second-order valence-electron chi connectivity index (χ2n) is 6.11. The van der Waals surface area contributed by atoms with Gasteiger partial charge in [-0.3, -0.25) is 4.79 Å². The molecule has 1 spiro atoms. The van der Waals surface area contributed by atoms with E-state index in [0.29, 0.717) is 23.1 Å². The fourth-order valence-electron chi connectivity index (χ4n) is 3.49. The topological polar surface area (TPSA) is 46.5 Å². The van der Waals surface area contributed by atoms with Crippen LogP contribution in [0.5, 0.6) is 0 Å². The van der Waals surface area contributed by atoms with Gasteiger partial charge in [0.2, 0.25) is 0 Å². The molecule has 1 saturated carbocycles. The number of ether oxygens (including phenoxy) is 1. The summed E-state index contributed by atoms with van der Waals surface area (Å²) in [5, 5.41) is 11.1. The summed E-state index contributed by atoms with van der Waals surface area (Å²) in [5.41, 5.74) is -1.25. The lowest BCUT2D eigenvalue weighted by Crippen LogP contribution is -2.56. The third-order valence-electron chi connectivity index (χ3n) is 4.89. The first-order valence-corrected chi connectivity index (χ1v) is 8.19. The Hall–Kier alpha value is -1.13. The highest BCUT2D eigenvalue weighted by atomic mass is 79.9. The number of benzene rings is 1. The summed E-state index contributed by atoms with van der Waals surface area (Å²) in [7, 11) is 0. The number of carbonyl (C=O) groups is 1. The van der Waals surface area contributed by atoms with E-state index in [4.69, 9.17) is 4.74 Å². The highest BCUT2D eigenvalue weighted by Crippen LogP contribution is 2.55. The largest absolute Gasteiger partial charge is 0.424 e. The summed E-state index contributed by atoms with van der Waals surface area (Å²) in [4.78, 5) is 12.7. The van der Waals surface area contributed by atoms with Gasteiger partial charge < -0.3 is 9.84 Å². The first-order chi connectivity index (χ1) is 9.99. The van der Waals surface area contributed by atoms with E-state index in [1.165, 1.54) is 0 Å². The van der Waals surface area contributed by atoms with E-state index in [2.05, 4.69) is 15.9 Å². The number of aliphatic hydroxyl groups is 1. The van der Waals surface area contributed by atoms with E-state index in [-0.39, 0.29) is 5.97 Å². The first-order valence-electron chi connectivity index (χ1n) is 7.39. The van der Waals surface area contributed by atoms with Crippen LogP contribution < -0.4 is 0 Å². The minimum atomic E-state index is -1.23. The number of halogens is 1. The number of cyclic esters (lactones) is 1. The third kappa shape index (κ3) is 2.16. The highest BCUT2D eigenvalue weighted by Gasteiger charge is 2.59. The van der Waals surface area contributed by atoms with Gasteiger partial charge in [0.05, 0.1) is 4.48 Å². The van der Waals surface area contributed by atoms with Crippen molar-refractivity contribution >= 4 is 27.7 Å². The van der Waals surface area contributed by atoms with Crippen molar-refractivity contribution in [2.45, 2.75) is 44.6 Å². The van der Waals surface area contributed by atoms with Crippen molar-refractivity contribution in [3.63, 3.8) is 0 Å². The van der Waals surface area contributed by atoms with E-state index in [1.807, 2.05) is 30.3 Å². The quantitative estimate of drug-likeness (QED) is 0.778. The number of esters is 1. The molecule has 1 atom stereocenters. The van der Waals surface area contributed by atoms with Crippen molar-refractivity contribution in [1.29, 1.82) is 0 Å². The molecule has 1 aromatic carbocycles. The van der Waals surface area contributed by atoms with Crippen LogP contribution in [-0.2, 0) is 9.53 Å². The lowest BCUT2D eigenvalue weighted by atomic mass is 9.62. The van der Waals surface area contributed by atoms with Gasteiger partial charge >= 0.3 is 5.97 Å². The van der Waals surface area contributed by atoms with Crippen molar-refractivity contribution in [3.8, 4) is 0 Å². The molecule has 1 N–H and O–H groups in total. The van der Waals surface area contributed by atoms with E-state index in [0.717, 1.165) is 24.8 Å². The van der Waals surface area contributed by atoms with Crippen LogP contribution in [0.15, 0.2) is 34.8 Å². The number of hydrogen-bond donors (Lipinski definition) is 1. The van der Waals surface area contributed by atoms with Gasteiger partial charge in [0.1, 0.15) is 11.0 Å². The Bertz CT molecular complexity index is 583. The summed E-state index contributed by atoms with van der Waals surface area (Å²) >= 11 is 3.50. The Kier molecular flexibility index (Phi) is 3.70. The molecule has 1 aliphatic carbocycles. The molecular formula is C17H19BrO3. The number of carbonyl (C=O) groups excluding carboxylic acids is 1. The van der Waals surface area contributed by atoms with Crippen LogP contribution in [0.1, 0.15) is 44.6 Å². The monoisotopic (exact) mass is 350 g/mol. The van der Waals surface area contributed by atoms with Gasteiger partial charge in [-0.25, -0.2) is 0 Å². The van der Waals surface area contributed by atoms with Gasteiger partial charge in [-0.05, 0) is 35.7 Å². The van der Waals surface area contributed by atoms with Gasteiger partial charge in [0.15, 0.2) is 5.76 Å². The molecule has 0 saturated heterocycles. The normalized spacial score (nSPS) is 28.6. The van der Waals surface area contributed by atoms with Crippen molar-refractivity contribution in [2.75, 3.05) is 0 Å². The molecule has 21 heavy (non-hydrogen) atoms. The zero-order valence-electron chi connectivity index (χ0n) is 12.1. The molecule has 0 aromatic heterocycles. The maximum absolute atomic E-state index is 12.7. The predicted molar refractivity (Wildman–Crippen MR) is 84.5 cm³/mol. The van der Waals surface area contributed by atoms with Crippen LogP contribution in [0.3, 0.4) is 0 Å². The lowest BCUT2D eigenvalue weighted by Gasteiger charge is -2.48. The zero-order chi connectivity index (χ0) is 15.1. The molecule has 3 nitrogen and oxygen atoms in total. The second kappa shape index (κ2) is 5.25. The molecule has 0 radical (unpaired) electrons. The van der Waals surface area contributed by atoms with Gasteiger partial charge in [-0.15, -0.1) is 0 Å². The van der Waals surface area contributed by atoms with E-state index in [1.54, 1.807) is 6.92 Å². The minimum absolute atomic E-state index is 0.297. The van der Waals surface area contributed by atoms with Crippen molar-refractivity contribution in [3.05, 3.63) is 40.4 Å². The van der Waals surface area contributed by atoms with Gasteiger partial charge in [-0.1, -0.05) is 49.6 Å². The molecular weight excluding hydrogens is 332 g/mol. The molecule has 1 unspecified atom stereocenters. The average Bonchev–Trinajstić information content (AvgIpc) is 2.52. The maximum atomic E-state index is 12.7. The molecule has 1 fully saturated rings. The molecule has 4 heteroatoms. The van der Waals surface area contributed by atoms with Crippen molar-refractivity contribution in [2.24, 2.45) is 5.41 Å². The fourth-order valence-corrected chi connectivity index (χ4v) is 4.18. The molecule has 112 valence electrons. The lowest BCUT2D eigenvalue weighted by molar-refractivity contribution is -0.170. The van der Waals surface area contributed by atoms with Crippen molar-refractivity contribution < 1.29 is 14.6 Å². The Balaban J connectivity index is 2.10. The standard InChI is InChI=1S/C17H19BrO3/c1-16(20)14(18)13(12-8-4-2-5-9-12)21-15(19)17(16)10-6-3-7-11-17/h2,4-5,8-9,20H,3,6-7,10-11H2,1H3. The first kappa shape index (κ1) is 14.8. The van der Waals surface area contributed by atoms with Crippen LogP contribution >= 0.6 is 15.9 Å². The molecule has 3 rings (SSSR count). The van der Waals surface area contributed by atoms with Crippen LogP contribution in [0.4, 0.5) is 0 Å². The molecule has 2 aliphatic rings. The van der Waals surface area contributed by atoms with Crippen LogP contribution in [0, 0.1) is 5.41 Å². The van der Waals surface area contributed by atoms with Crippen LogP contribution in [0.2, 0.25) is 0 Å². The average molecular weight is 351 g/mol. The molecule has 0 amide bonds. The molecule has 1 heterocycles. The van der Waals surface area contributed by atoms with E-state index >= 15 is 0 Å². The van der Waals surface area contributed by atoms with Crippen LogP contribution in [0.25, 0.3) is 5.76 Å². The molecule has 1 aliphatic heterocycles. The van der Waals surface area contributed by atoms with E-state index in [9.17, 15) is 9.90 Å². The Morgan fingerprint density at radius 3 is 2.38 bits per heavy atom. The summed E-state index contributed by atoms with van der Waals surface area (Å²) in [6.45, 7) is 1.73. The van der Waals surface area contributed by atoms with Gasteiger partial charge in [-0.2, -0.15) is 0 Å². The van der Waals surface area contributed by atoms with Crippen LogP contribution in [-0.4, -0.2) is 16.7 Å². The summed E-state index contributed by atoms with van der Waals surface area (Å²) in [5.74, 6) is 0.135. The van der Waals surface area contributed by atoms with Gasteiger partial charge in [0.25, 0.3) is 0 Å². The fraction of sp³-hybridized carbons (Fsp3) is 0.471. The zero-order valence-corrected chi connectivity index (χ0v) is 13.6. The second-order valence-corrected chi connectivity index (χ2v) is 6.91. The molecule has 0 bridgehead atoms. The SMILES string of the molecule is CC1(O)C(Br)=C(c2ccccc2)OC(=O)C12CCCCC2. The number of hydrogen-bond acceptors (Lipinski definition) is 3. The summed E-state index contributed by atoms with van der Waals surface area (Å²) in [6, 6.07) is 9.42. The highest BCUT2D eigenvalue weighted by molar-refractivity contribution is 9.12. The summed E-state index contributed by atoms with van der Waals surface area (Å²) < 4.78 is 6.22. The van der Waals surface area contributed by atoms with E-state index < -0.39 is 11.0 Å². The third-order valence-corrected chi connectivity index (χ3v) is 6.02. The maximum Gasteiger partial charge on any atom is 0.320 e. The predicted octanol–water partition coefficient (Wildman–Crippen LogP) is 4.01. The van der Waals surface area contributed by atoms with Crippen molar-refractivity contribution in [1.82, 2.24) is 0 Å². The number of rotatable bonds is 1. The summed E-state index contributed by atoms with van der Waals surface area (Å²) in [6.07, 6.45) is 4.36. The molecule has 1 aromatic rings.